The second-order valence-electron chi connectivity index (χ2n) is 3.96. The summed E-state index contributed by atoms with van der Waals surface area (Å²) in [5.74, 6) is 5.32. The van der Waals surface area contributed by atoms with Crippen LogP contribution < -0.4 is 5.84 Å². The van der Waals surface area contributed by atoms with Crippen molar-refractivity contribution in [2.45, 2.75) is 6.42 Å². The van der Waals surface area contributed by atoms with Crippen molar-refractivity contribution in [1.82, 2.24) is 9.58 Å². The summed E-state index contributed by atoms with van der Waals surface area (Å²) in [6.07, 6.45) is 2.32. The van der Waals surface area contributed by atoms with Gasteiger partial charge in [0.25, 0.3) is 0 Å². The Labute approximate surface area is 94.2 Å². The van der Waals surface area contributed by atoms with Crippen molar-refractivity contribution >= 4 is 16.8 Å². The Morgan fingerprint density at radius 2 is 2.12 bits per heavy atom. The van der Waals surface area contributed by atoms with Gasteiger partial charge in [-0.3, -0.25) is 9.80 Å². The average molecular weight is 217 g/mol. The fraction of sp³-hybridized carbons (Fsp3) is 0.250. The molecule has 0 aliphatic heterocycles. The van der Waals surface area contributed by atoms with E-state index in [1.807, 2.05) is 42.1 Å². The summed E-state index contributed by atoms with van der Waals surface area (Å²) in [5, 5.41) is 2.24. The molecule has 0 saturated carbocycles. The first-order valence-corrected chi connectivity index (χ1v) is 5.14. The fourth-order valence-corrected chi connectivity index (χ4v) is 1.85. The Kier molecular flexibility index (Phi) is 2.66. The van der Waals surface area contributed by atoms with E-state index in [9.17, 15) is 4.79 Å². The molecule has 2 rings (SSSR count). The van der Waals surface area contributed by atoms with Gasteiger partial charge in [-0.15, -0.1) is 0 Å². The molecule has 0 bridgehead atoms. The normalized spacial score (nSPS) is 10.7. The molecule has 1 aromatic carbocycles. The zero-order valence-corrected chi connectivity index (χ0v) is 9.47. The van der Waals surface area contributed by atoms with Crippen LogP contribution in [0.3, 0.4) is 0 Å². The van der Waals surface area contributed by atoms with E-state index in [2.05, 4.69) is 0 Å². The number of rotatable bonds is 2. The third kappa shape index (κ3) is 1.79. The first-order valence-electron chi connectivity index (χ1n) is 5.14. The zero-order valence-electron chi connectivity index (χ0n) is 9.47. The van der Waals surface area contributed by atoms with Gasteiger partial charge in [-0.05, 0) is 11.6 Å². The topological polar surface area (TPSA) is 51.3 Å². The van der Waals surface area contributed by atoms with Crippen molar-refractivity contribution in [2.24, 2.45) is 12.9 Å². The highest BCUT2D eigenvalue weighted by molar-refractivity contribution is 5.89. The Morgan fingerprint density at radius 1 is 1.44 bits per heavy atom. The number of likely N-dealkylation sites (N-methyl/N-ethyl adjacent to an activating group) is 1. The first-order chi connectivity index (χ1) is 7.59. The highest BCUT2D eigenvalue weighted by atomic mass is 16.2. The van der Waals surface area contributed by atoms with Crippen LogP contribution in [-0.4, -0.2) is 22.5 Å². The van der Waals surface area contributed by atoms with E-state index in [4.69, 9.17) is 5.84 Å². The number of para-hydroxylation sites is 1. The SMILES string of the molecule is CN(N)C(=O)Cc1cn(C)c2ccccc12. The Morgan fingerprint density at radius 3 is 2.81 bits per heavy atom. The highest BCUT2D eigenvalue weighted by Crippen LogP contribution is 2.20. The van der Waals surface area contributed by atoms with Gasteiger partial charge in [-0.1, -0.05) is 18.2 Å². The first kappa shape index (κ1) is 10.7. The molecule has 0 unspecified atom stereocenters. The van der Waals surface area contributed by atoms with Crippen molar-refractivity contribution < 1.29 is 4.79 Å². The second-order valence-corrected chi connectivity index (χ2v) is 3.96. The van der Waals surface area contributed by atoms with Gasteiger partial charge in [0.05, 0.1) is 6.42 Å². The van der Waals surface area contributed by atoms with E-state index >= 15 is 0 Å². The third-order valence-electron chi connectivity index (χ3n) is 2.71. The quantitative estimate of drug-likeness (QED) is 0.464. The molecule has 1 aromatic heterocycles. The molecule has 2 N–H and O–H groups in total. The van der Waals surface area contributed by atoms with Crippen LogP contribution in [0.1, 0.15) is 5.56 Å². The van der Waals surface area contributed by atoms with Crippen molar-refractivity contribution in [1.29, 1.82) is 0 Å². The lowest BCUT2D eigenvalue weighted by molar-refractivity contribution is -0.129. The minimum atomic E-state index is -0.0867. The van der Waals surface area contributed by atoms with E-state index in [0.717, 1.165) is 21.5 Å². The molecule has 16 heavy (non-hydrogen) atoms. The molecule has 0 saturated heterocycles. The van der Waals surface area contributed by atoms with E-state index in [1.165, 1.54) is 0 Å². The maximum atomic E-state index is 11.6. The second kappa shape index (κ2) is 3.98. The average Bonchev–Trinajstić information content (AvgIpc) is 2.57. The lowest BCUT2D eigenvalue weighted by atomic mass is 10.1. The molecule has 1 heterocycles. The Bertz CT molecular complexity index is 528. The van der Waals surface area contributed by atoms with Gasteiger partial charge in [0, 0.05) is 31.2 Å². The van der Waals surface area contributed by atoms with E-state index in [-0.39, 0.29) is 5.91 Å². The van der Waals surface area contributed by atoms with E-state index in [1.54, 1.807) is 7.05 Å². The summed E-state index contributed by atoms with van der Waals surface area (Å²) >= 11 is 0. The summed E-state index contributed by atoms with van der Waals surface area (Å²) < 4.78 is 2.02. The maximum absolute atomic E-state index is 11.6. The van der Waals surface area contributed by atoms with E-state index < -0.39 is 0 Å². The number of nitrogens with zero attached hydrogens (tertiary/aromatic N) is 2. The monoisotopic (exact) mass is 217 g/mol. The molecular formula is C12H15N3O. The van der Waals surface area contributed by atoms with Gasteiger partial charge in [-0.2, -0.15) is 0 Å². The van der Waals surface area contributed by atoms with Crippen molar-refractivity contribution in [3.63, 3.8) is 0 Å². The summed E-state index contributed by atoms with van der Waals surface area (Å²) in [7, 11) is 3.54. The lowest BCUT2D eigenvalue weighted by Crippen LogP contribution is -2.34. The fourth-order valence-electron chi connectivity index (χ4n) is 1.85. The lowest BCUT2D eigenvalue weighted by Gasteiger charge is -2.08. The molecule has 0 atom stereocenters. The van der Waals surface area contributed by atoms with Gasteiger partial charge in [0.2, 0.25) is 5.91 Å². The largest absolute Gasteiger partial charge is 0.350 e. The molecule has 4 nitrogen and oxygen atoms in total. The maximum Gasteiger partial charge on any atom is 0.240 e. The Balaban J connectivity index is 2.42. The number of hydrogen-bond donors (Lipinski definition) is 1. The van der Waals surface area contributed by atoms with Gasteiger partial charge >= 0.3 is 0 Å². The van der Waals surface area contributed by atoms with Crippen LogP contribution in [0.4, 0.5) is 0 Å². The van der Waals surface area contributed by atoms with Crippen molar-refractivity contribution in [3.8, 4) is 0 Å². The molecule has 1 amide bonds. The number of aromatic nitrogens is 1. The predicted molar refractivity (Wildman–Crippen MR) is 63.6 cm³/mol. The molecular weight excluding hydrogens is 202 g/mol. The molecule has 0 aliphatic carbocycles. The molecule has 0 fully saturated rings. The number of fused-ring (bicyclic) bond motifs is 1. The number of benzene rings is 1. The van der Waals surface area contributed by atoms with Crippen LogP contribution in [0, 0.1) is 0 Å². The number of carbonyl (C=O) groups excluding carboxylic acids is 1. The minimum Gasteiger partial charge on any atom is -0.350 e. The van der Waals surface area contributed by atoms with Gasteiger partial charge < -0.3 is 4.57 Å². The van der Waals surface area contributed by atoms with Gasteiger partial charge in [-0.25, -0.2) is 5.84 Å². The zero-order chi connectivity index (χ0) is 11.7. The molecule has 0 spiro atoms. The standard InChI is InChI=1S/C12H15N3O/c1-14-8-9(7-12(16)15(2)13)10-5-3-4-6-11(10)14/h3-6,8H,7,13H2,1-2H3. The molecule has 0 radical (unpaired) electrons. The van der Waals surface area contributed by atoms with Crippen LogP contribution in [0.25, 0.3) is 10.9 Å². The summed E-state index contributed by atoms with van der Waals surface area (Å²) in [6.45, 7) is 0. The number of nitrogens with two attached hydrogens (primary N) is 1. The number of hydrogen-bond acceptors (Lipinski definition) is 2. The van der Waals surface area contributed by atoms with Crippen LogP contribution in [0.15, 0.2) is 30.5 Å². The summed E-state index contributed by atoms with van der Waals surface area (Å²) in [4.78, 5) is 11.6. The smallest absolute Gasteiger partial charge is 0.240 e. The van der Waals surface area contributed by atoms with Crippen molar-refractivity contribution in [2.75, 3.05) is 7.05 Å². The minimum absolute atomic E-state index is 0.0867. The molecule has 4 heteroatoms. The molecule has 0 aliphatic rings. The summed E-state index contributed by atoms with van der Waals surface area (Å²) in [6, 6.07) is 8.02. The van der Waals surface area contributed by atoms with Crippen LogP contribution in [-0.2, 0) is 18.3 Å². The predicted octanol–water partition coefficient (Wildman–Crippen LogP) is 1.05. The molecule has 2 aromatic rings. The molecule has 84 valence electrons. The van der Waals surface area contributed by atoms with Crippen molar-refractivity contribution in [3.05, 3.63) is 36.0 Å². The Hall–Kier alpha value is -1.81. The number of aryl methyl sites for hydroxylation is 1. The van der Waals surface area contributed by atoms with Crippen LogP contribution >= 0.6 is 0 Å². The third-order valence-corrected chi connectivity index (χ3v) is 2.71. The van der Waals surface area contributed by atoms with E-state index in [0.29, 0.717) is 6.42 Å². The van der Waals surface area contributed by atoms with Crippen LogP contribution in [0.2, 0.25) is 0 Å². The van der Waals surface area contributed by atoms with Gasteiger partial charge in [0.1, 0.15) is 0 Å². The number of carbonyl (C=O) groups is 1. The van der Waals surface area contributed by atoms with Crippen LogP contribution in [0.5, 0.6) is 0 Å². The number of hydrazine groups is 1. The van der Waals surface area contributed by atoms with Gasteiger partial charge in [0.15, 0.2) is 0 Å². The summed E-state index contributed by atoms with van der Waals surface area (Å²) in [5.41, 5.74) is 2.14. The highest BCUT2D eigenvalue weighted by Gasteiger charge is 2.11. The number of amides is 1.